The van der Waals surface area contributed by atoms with E-state index in [9.17, 15) is 0 Å². The third kappa shape index (κ3) is 6.19. The van der Waals surface area contributed by atoms with Gasteiger partial charge in [-0.15, -0.1) is 0 Å². The molecule has 108 valence electrons. The van der Waals surface area contributed by atoms with Gasteiger partial charge < -0.3 is 5.32 Å². The van der Waals surface area contributed by atoms with Crippen LogP contribution in [0, 0.1) is 0 Å². The lowest BCUT2D eigenvalue weighted by atomic mass is 9.91. The first-order chi connectivity index (χ1) is 8.35. The summed E-state index contributed by atoms with van der Waals surface area (Å²) < 4.78 is 0. The van der Waals surface area contributed by atoms with Gasteiger partial charge in [0.05, 0.1) is 0 Å². The summed E-state index contributed by atoms with van der Waals surface area (Å²) in [5.74, 6) is 0. The molecule has 0 atom stereocenters. The molecule has 0 radical (unpaired) electrons. The van der Waals surface area contributed by atoms with E-state index in [1.165, 1.54) is 58.2 Å². The fourth-order valence-corrected chi connectivity index (χ4v) is 3.44. The molecule has 2 nitrogen and oxygen atoms in total. The third-order valence-electron chi connectivity index (χ3n) is 3.74. The number of hydrogen-bond acceptors (Lipinski definition) is 2. The highest BCUT2D eigenvalue weighted by Crippen LogP contribution is 2.21. The molecule has 0 saturated carbocycles. The van der Waals surface area contributed by atoms with Crippen molar-refractivity contribution in [1.29, 1.82) is 0 Å². The van der Waals surface area contributed by atoms with E-state index < -0.39 is 0 Å². The maximum Gasteiger partial charge on any atom is 0.0257 e. The Morgan fingerprint density at radius 3 is 1.89 bits per heavy atom. The normalized spacial score (nSPS) is 23.2. The minimum Gasteiger partial charge on any atom is -0.304 e. The van der Waals surface area contributed by atoms with Gasteiger partial charge in [0, 0.05) is 24.2 Å². The zero-order valence-corrected chi connectivity index (χ0v) is 13.3. The van der Waals surface area contributed by atoms with E-state index in [2.05, 4.69) is 44.8 Å². The molecule has 0 spiro atoms. The highest BCUT2D eigenvalue weighted by molar-refractivity contribution is 4.97. The van der Waals surface area contributed by atoms with Crippen LogP contribution in [-0.4, -0.2) is 35.6 Å². The van der Waals surface area contributed by atoms with Gasteiger partial charge >= 0.3 is 0 Å². The first-order valence-corrected chi connectivity index (χ1v) is 7.86. The van der Waals surface area contributed by atoms with Gasteiger partial charge in [-0.05, 0) is 40.7 Å². The first-order valence-electron chi connectivity index (χ1n) is 7.86. The lowest BCUT2D eigenvalue weighted by Crippen LogP contribution is -2.66. The molecular weight excluding hydrogens is 220 g/mol. The highest BCUT2D eigenvalue weighted by Gasteiger charge is 2.35. The van der Waals surface area contributed by atoms with Crippen LogP contribution in [0.5, 0.6) is 0 Å². The van der Waals surface area contributed by atoms with Crippen molar-refractivity contribution in [3.8, 4) is 0 Å². The predicted molar refractivity (Wildman–Crippen MR) is 81.1 cm³/mol. The van der Waals surface area contributed by atoms with E-state index >= 15 is 0 Å². The fourth-order valence-electron chi connectivity index (χ4n) is 3.44. The Balaban J connectivity index is 2.21. The quantitative estimate of drug-likeness (QED) is 0.695. The second kappa shape index (κ2) is 6.91. The molecule has 1 aliphatic rings. The lowest BCUT2D eigenvalue weighted by Gasteiger charge is -2.48. The summed E-state index contributed by atoms with van der Waals surface area (Å²) in [4.78, 5) is 2.65. The van der Waals surface area contributed by atoms with E-state index in [0.717, 1.165) is 0 Å². The Bertz CT molecular complexity index is 217. The molecule has 1 heterocycles. The summed E-state index contributed by atoms with van der Waals surface area (Å²) in [6.07, 6.45) is 8.39. The van der Waals surface area contributed by atoms with E-state index in [4.69, 9.17) is 0 Å². The van der Waals surface area contributed by atoms with Crippen LogP contribution in [0.15, 0.2) is 0 Å². The predicted octanol–water partition coefficient (Wildman–Crippen LogP) is 3.81. The number of hydrogen-bond donors (Lipinski definition) is 1. The van der Waals surface area contributed by atoms with E-state index in [1.807, 2.05) is 0 Å². The van der Waals surface area contributed by atoms with Crippen molar-refractivity contribution in [2.45, 2.75) is 84.2 Å². The Kier molecular flexibility index (Phi) is 6.13. The first kappa shape index (κ1) is 16.0. The number of rotatable bonds is 7. The summed E-state index contributed by atoms with van der Waals surface area (Å²) in [7, 11) is 0. The van der Waals surface area contributed by atoms with Gasteiger partial charge in [-0.1, -0.05) is 39.0 Å². The fraction of sp³-hybridized carbons (Fsp3) is 1.00. The number of nitrogens with zero attached hydrogens (tertiary/aromatic N) is 1. The molecule has 0 amide bonds. The van der Waals surface area contributed by atoms with Crippen molar-refractivity contribution in [3.05, 3.63) is 0 Å². The van der Waals surface area contributed by atoms with Crippen LogP contribution < -0.4 is 5.32 Å². The van der Waals surface area contributed by atoms with Crippen LogP contribution in [0.4, 0.5) is 0 Å². The third-order valence-corrected chi connectivity index (χ3v) is 3.74. The summed E-state index contributed by atoms with van der Waals surface area (Å²) in [5.41, 5.74) is 0.508. The summed E-state index contributed by atoms with van der Waals surface area (Å²) in [5, 5.41) is 3.74. The molecule has 0 bridgehead atoms. The number of piperazine rings is 1. The molecule has 1 saturated heterocycles. The van der Waals surface area contributed by atoms with Crippen LogP contribution >= 0.6 is 0 Å². The molecule has 1 N–H and O–H groups in total. The van der Waals surface area contributed by atoms with Gasteiger partial charge in [0.25, 0.3) is 0 Å². The van der Waals surface area contributed by atoms with Gasteiger partial charge in [-0.2, -0.15) is 0 Å². The average molecular weight is 254 g/mol. The van der Waals surface area contributed by atoms with Crippen LogP contribution in [0.25, 0.3) is 0 Å². The largest absolute Gasteiger partial charge is 0.304 e. The monoisotopic (exact) mass is 254 g/mol. The number of unbranched alkanes of at least 4 members (excludes halogenated alkanes) is 5. The van der Waals surface area contributed by atoms with Gasteiger partial charge in [-0.3, -0.25) is 4.90 Å². The molecule has 2 heteroatoms. The van der Waals surface area contributed by atoms with Crippen molar-refractivity contribution in [1.82, 2.24) is 10.2 Å². The van der Waals surface area contributed by atoms with Crippen molar-refractivity contribution in [3.63, 3.8) is 0 Å². The highest BCUT2D eigenvalue weighted by atomic mass is 15.3. The minimum atomic E-state index is 0.254. The zero-order valence-electron chi connectivity index (χ0n) is 13.3. The second-order valence-electron chi connectivity index (χ2n) is 7.37. The minimum absolute atomic E-state index is 0.254. The molecule has 0 aromatic carbocycles. The van der Waals surface area contributed by atoms with Crippen molar-refractivity contribution >= 4 is 0 Å². The standard InChI is InChI=1S/C16H34N2/c1-6-7-8-9-10-11-12-18-13-15(2,3)17-16(4,5)14-18/h17H,6-14H2,1-5H3. The van der Waals surface area contributed by atoms with E-state index in [1.54, 1.807) is 0 Å². The molecule has 0 unspecified atom stereocenters. The molecule has 0 aliphatic carbocycles. The lowest BCUT2D eigenvalue weighted by molar-refractivity contribution is 0.0769. The molecule has 0 aromatic heterocycles. The molecule has 1 rings (SSSR count). The van der Waals surface area contributed by atoms with Crippen LogP contribution in [0.2, 0.25) is 0 Å². The smallest absolute Gasteiger partial charge is 0.0257 e. The van der Waals surface area contributed by atoms with Crippen LogP contribution in [0.3, 0.4) is 0 Å². The molecule has 0 aromatic rings. The molecule has 18 heavy (non-hydrogen) atoms. The maximum atomic E-state index is 3.74. The Labute approximate surface area is 115 Å². The summed E-state index contributed by atoms with van der Waals surface area (Å²) in [6.45, 7) is 15.2. The number of nitrogens with one attached hydrogen (secondary N) is 1. The zero-order chi connectivity index (χ0) is 13.6. The molecular formula is C16H34N2. The summed E-state index contributed by atoms with van der Waals surface area (Å²) >= 11 is 0. The average Bonchev–Trinajstić information content (AvgIpc) is 2.18. The van der Waals surface area contributed by atoms with Crippen molar-refractivity contribution in [2.75, 3.05) is 19.6 Å². The van der Waals surface area contributed by atoms with E-state index in [-0.39, 0.29) is 11.1 Å². The topological polar surface area (TPSA) is 15.3 Å². The molecule has 1 aliphatic heterocycles. The van der Waals surface area contributed by atoms with Crippen LogP contribution in [-0.2, 0) is 0 Å². The van der Waals surface area contributed by atoms with Gasteiger partial charge in [0.15, 0.2) is 0 Å². The van der Waals surface area contributed by atoms with Crippen LogP contribution in [0.1, 0.15) is 73.1 Å². The van der Waals surface area contributed by atoms with E-state index in [0.29, 0.717) is 0 Å². The Morgan fingerprint density at radius 1 is 0.833 bits per heavy atom. The Morgan fingerprint density at radius 2 is 1.33 bits per heavy atom. The Hall–Kier alpha value is -0.0800. The SMILES string of the molecule is CCCCCCCCN1CC(C)(C)NC(C)(C)C1. The van der Waals surface area contributed by atoms with Crippen molar-refractivity contribution in [2.24, 2.45) is 0 Å². The van der Waals surface area contributed by atoms with Gasteiger partial charge in [0.2, 0.25) is 0 Å². The van der Waals surface area contributed by atoms with Gasteiger partial charge in [0.1, 0.15) is 0 Å². The van der Waals surface area contributed by atoms with Crippen molar-refractivity contribution < 1.29 is 0 Å². The maximum absolute atomic E-state index is 3.74. The summed E-state index contributed by atoms with van der Waals surface area (Å²) in [6, 6.07) is 0. The molecule has 1 fully saturated rings. The van der Waals surface area contributed by atoms with Gasteiger partial charge in [-0.25, -0.2) is 0 Å². The second-order valence-corrected chi connectivity index (χ2v) is 7.37.